The summed E-state index contributed by atoms with van der Waals surface area (Å²) < 4.78 is 11.2. The van der Waals surface area contributed by atoms with Crippen molar-refractivity contribution in [1.29, 1.82) is 0 Å². The van der Waals surface area contributed by atoms with Gasteiger partial charge in [0.25, 0.3) is 5.91 Å². The SMILES string of the molecule is C/C=C(\O/C(=C/CC)C(=O)NCC(=O)Nc1nc(-c2cccc(C)n2)cs1)C1(C)COC1. The fourth-order valence-corrected chi connectivity index (χ4v) is 3.83. The molecular weight excluding hydrogens is 428 g/mol. The average Bonchev–Trinajstić information content (AvgIpc) is 3.21. The van der Waals surface area contributed by atoms with Crippen molar-refractivity contribution in [2.24, 2.45) is 5.41 Å². The van der Waals surface area contributed by atoms with Crippen molar-refractivity contribution >= 4 is 28.3 Å². The molecule has 1 aliphatic rings. The van der Waals surface area contributed by atoms with Crippen LogP contribution in [0.25, 0.3) is 11.4 Å². The van der Waals surface area contributed by atoms with Crippen LogP contribution in [0, 0.1) is 12.3 Å². The second-order valence-corrected chi connectivity index (χ2v) is 8.58. The van der Waals surface area contributed by atoms with E-state index in [4.69, 9.17) is 9.47 Å². The Kier molecular flexibility index (Phi) is 7.76. The number of rotatable bonds is 9. The van der Waals surface area contributed by atoms with Crippen molar-refractivity contribution in [3.8, 4) is 11.4 Å². The normalized spacial score (nSPS) is 15.6. The molecule has 0 bridgehead atoms. The fourth-order valence-electron chi connectivity index (χ4n) is 3.11. The van der Waals surface area contributed by atoms with E-state index in [0.29, 0.717) is 36.2 Å². The molecule has 0 unspecified atom stereocenters. The number of carbonyl (C=O) groups excluding carboxylic acids is 2. The maximum Gasteiger partial charge on any atom is 0.287 e. The third-order valence-electron chi connectivity index (χ3n) is 4.84. The molecule has 0 spiro atoms. The zero-order chi connectivity index (χ0) is 23.1. The molecule has 2 aromatic rings. The molecule has 2 N–H and O–H groups in total. The highest BCUT2D eigenvalue weighted by Crippen LogP contribution is 2.36. The van der Waals surface area contributed by atoms with Gasteiger partial charge in [0, 0.05) is 11.1 Å². The molecule has 0 saturated carbocycles. The predicted octanol–water partition coefficient (Wildman–Crippen LogP) is 3.82. The highest BCUT2D eigenvalue weighted by atomic mass is 32.1. The van der Waals surface area contributed by atoms with Crippen LogP contribution < -0.4 is 10.6 Å². The van der Waals surface area contributed by atoms with Crippen LogP contribution in [0.15, 0.2) is 47.2 Å². The lowest BCUT2D eigenvalue weighted by atomic mass is 9.86. The number of ether oxygens (including phenoxy) is 2. The van der Waals surface area contributed by atoms with Gasteiger partial charge in [0.1, 0.15) is 11.5 Å². The van der Waals surface area contributed by atoms with Crippen molar-refractivity contribution in [1.82, 2.24) is 15.3 Å². The van der Waals surface area contributed by atoms with E-state index in [1.807, 2.05) is 57.4 Å². The van der Waals surface area contributed by atoms with E-state index >= 15 is 0 Å². The molecule has 170 valence electrons. The third-order valence-corrected chi connectivity index (χ3v) is 5.60. The van der Waals surface area contributed by atoms with Gasteiger partial charge < -0.3 is 20.1 Å². The van der Waals surface area contributed by atoms with Crippen LogP contribution in [-0.2, 0) is 19.1 Å². The van der Waals surface area contributed by atoms with Crippen molar-refractivity contribution in [3.63, 3.8) is 0 Å². The lowest BCUT2D eigenvalue weighted by Crippen LogP contribution is -2.42. The lowest BCUT2D eigenvalue weighted by Gasteiger charge is -2.39. The summed E-state index contributed by atoms with van der Waals surface area (Å²) in [5, 5.41) is 7.59. The first-order valence-electron chi connectivity index (χ1n) is 10.4. The van der Waals surface area contributed by atoms with Gasteiger partial charge in [-0.05, 0) is 51.5 Å². The number of amides is 2. The average molecular weight is 457 g/mol. The Hall–Kier alpha value is -3.04. The number of anilines is 1. The summed E-state index contributed by atoms with van der Waals surface area (Å²) in [4.78, 5) is 33.8. The quantitative estimate of drug-likeness (QED) is 0.439. The smallest absolute Gasteiger partial charge is 0.287 e. The van der Waals surface area contributed by atoms with Crippen LogP contribution in [0.3, 0.4) is 0 Å². The van der Waals surface area contributed by atoms with Crippen molar-refractivity contribution < 1.29 is 19.1 Å². The number of nitrogens with zero attached hydrogens (tertiary/aromatic N) is 2. The molecule has 0 aliphatic carbocycles. The molecule has 1 saturated heterocycles. The first-order valence-corrected chi connectivity index (χ1v) is 11.3. The first-order chi connectivity index (χ1) is 15.3. The molecule has 0 aromatic carbocycles. The summed E-state index contributed by atoms with van der Waals surface area (Å²) in [7, 11) is 0. The van der Waals surface area contributed by atoms with Crippen LogP contribution in [0.1, 0.15) is 32.9 Å². The Bertz CT molecular complexity index is 1040. The van der Waals surface area contributed by atoms with E-state index in [1.165, 1.54) is 11.3 Å². The number of aryl methyl sites for hydroxylation is 1. The summed E-state index contributed by atoms with van der Waals surface area (Å²) in [5.74, 6) is 0.0265. The Labute approximate surface area is 191 Å². The van der Waals surface area contributed by atoms with Crippen molar-refractivity contribution in [2.45, 2.75) is 34.1 Å². The Morgan fingerprint density at radius 1 is 1.28 bits per heavy atom. The van der Waals surface area contributed by atoms with Crippen molar-refractivity contribution in [3.05, 3.63) is 52.9 Å². The molecular formula is C23H28N4O4S. The predicted molar refractivity (Wildman–Crippen MR) is 124 cm³/mol. The molecule has 8 nitrogen and oxygen atoms in total. The second-order valence-electron chi connectivity index (χ2n) is 7.72. The number of hydrogen-bond donors (Lipinski definition) is 2. The first kappa shape index (κ1) is 23.6. The van der Waals surface area contributed by atoms with Crippen LogP contribution in [0.4, 0.5) is 5.13 Å². The summed E-state index contributed by atoms with van der Waals surface area (Å²) >= 11 is 1.30. The standard InChI is InChI=1S/C23H28N4O4S/c1-5-8-18(31-19(6-2)23(4)13-30-14-23)21(29)24-11-20(28)27-22-26-17(12-32-22)16-10-7-9-15(3)25-16/h6-10,12H,5,11,13-14H2,1-4H3,(H,24,29)(H,26,27,28)/b18-8+,19-6-. The lowest BCUT2D eigenvalue weighted by molar-refractivity contribution is -0.126. The molecule has 0 atom stereocenters. The number of carbonyl (C=O) groups is 2. The Morgan fingerprint density at radius 3 is 2.69 bits per heavy atom. The summed E-state index contributed by atoms with van der Waals surface area (Å²) in [5.41, 5.74) is 2.08. The Morgan fingerprint density at radius 2 is 2.06 bits per heavy atom. The fraction of sp³-hybridized carbons (Fsp3) is 0.391. The van der Waals surface area contributed by atoms with Gasteiger partial charge in [-0.2, -0.15) is 0 Å². The molecule has 1 fully saturated rings. The topological polar surface area (TPSA) is 102 Å². The van der Waals surface area contributed by atoms with Crippen LogP contribution in [-0.4, -0.2) is 41.5 Å². The minimum Gasteiger partial charge on any atom is -0.456 e. The van der Waals surface area contributed by atoms with E-state index in [1.54, 1.807) is 6.08 Å². The summed E-state index contributed by atoms with van der Waals surface area (Å²) in [6.07, 6.45) is 4.16. The van der Waals surface area contributed by atoms with Gasteiger partial charge in [0.15, 0.2) is 10.9 Å². The number of allylic oxidation sites excluding steroid dienone is 2. The number of pyridine rings is 1. The Balaban J connectivity index is 1.55. The zero-order valence-electron chi connectivity index (χ0n) is 18.7. The van der Waals surface area contributed by atoms with Crippen molar-refractivity contribution in [2.75, 3.05) is 25.1 Å². The maximum absolute atomic E-state index is 12.6. The highest BCUT2D eigenvalue weighted by molar-refractivity contribution is 7.14. The molecule has 2 aromatic heterocycles. The van der Waals surface area contributed by atoms with Gasteiger partial charge in [0.05, 0.1) is 30.9 Å². The van der Waals surface area contributed by atoms with Gasteiger partial charge in [-0.1, -0.05) is 13.0 Å². The number of aromatic nitrogens is 2. The summed E-state index contributed by atoms with van der Waals surface area (Å²) in [6.45, 7) is 8.60. The van der Waals surface area contributed by atoms with Crippen LogP contribution in [0.5, 0.6) is 0 Å². The van der Waals surface area contributed by atoms with Crippen LogP contribution in [0.2, 0.25) is 0 Å². The minimum atomic E-state index is -0.450. The molecule has 9 heteroatoms. The van der Waals surface area contributed by atoms with E-state index in [0.717, 1.165) is 11.4 Å². The molecule has 2 amide bonds. The summed E-state index contributed by atoms with van der Waals surface area (Å²) in [6, 6.07) is 5.68. The third kappa shape index (κ3) is 5.80. The maximum atomic E-state index is 12.6. The van der Waals surface area contributed by atoms with Crippen LogP contribution >= 0.6 is 11.3 Å². The number of hydrogen-bond acceptors (Lipinski definition) is 7. The zero-order valence-corrected chi connectivity index (χ0v) is 19.5. The van der Waals surface area contributed by atoms with Gasteiger partial charge in [-0.25, -0.2) is 4.98 Å². The molecule has 3 rings (SSSR count). The number of nitrogens with one attached hydrogen (secondary N) is 2. The molecule has 32 heavy (non-hydrogen) atoms. The van der Waals surface area contributed by atoms with E-state index in [2.05, 4.69) is 20.6 Å². The van der Waals surface area contributed by atoms with Gasteiger partial charge in [0.2, 0.25) is 5.91 Å². The van der Waals surface area contributed by atoms with Gasteiger partial charge in [-0.15, -0.1) is 11.3 Å². The minimum absolute atomic E-state index is 0.170. The van der Waals surface area contributed by atoms with E-state index in [-0.39, 0.29) is 23.6 Å². The van der Waals surface area contributed by atoms with E-state index < -0.39 is 5.91 Å². The van der Waals surface area contributed by atoms with Gasteiger partial charge in [-0.3, -0.25) is 14.6 Å². The second kappa shape index (κ2) is 10.5. The van der Waals surface area contributed by atoms with E-state index in [9.17, 15) is 9.59 Å². The van der Waals surface area contributed by atoms with Gasteiger partial charge >= 0.3 is 0 Å². The highest BCUT2D eigenvalue weighted by Gasteiger charge is 2.39. The monoisotopic (exact) mass is 456 g/mol. The number of thiazole rings is 1. The largest absolute Gasteiger partial charge is 0.456 e. The molecule has 3 heterocycles. The molecule has 1 aliphatic heterocycles. The molecule has 0 radical (unpaired) electrons.